The maximum atomic E-state index is 15.0. The molecule has 0 aliphatic carbocycles. The first kappa shape index (κ1) is 23.6. The van der Waals surface area contributed by atoms with Crippen molar-refractivity contribution in [2.75, 3.05) is 19.1 Å². The van der Waals surface area contributed by atoms with Gasteiger partial charge >= 0.3 is 5.97 Å². The van der Waals surface area contributed by atoms with E-state index in [1.165, 1.54) is 32.4 Å². The van der Waals surface area contributed by atoms with E-state index in [4.69, 9.17) is 14.2 Å². The first-order chi connectivity index (χ1) is 16.7. The number of fused-ring (bicyclic) bond motifs is 1. The molecule has 8 nitrogen and oxygen atoms in total. The van der Waals surface area contributed by atoms with E-state index in [1.807, 2.05) is 0 Å². The third-order valence-electron chi connectivity index (χ3n) is 5.36. The van der Waals surface area contributed by atoms with Crippen LogP contribution in [0.25, 0.3) is 0 Å². The highest BCUT2D eigenvalue weighted by molar-refractivity contribution is 6.36. The summed E-state index contributed by atoms with van der Waals surface area (Å²) in [6.45, 7) is -0.570. The fraction of sp³-hybridized carbons (Fsp3) is 0.125. The molecule has 4 rings (SSSR count). The number of imide groups is 1. The Hall–Kier alpha value is -4.54. The van der Waals surface area contributed by atoms with Crippen molar-refractivity contribution >= 4 is 23.5 Å². The number of hydrogen-bond donors (Lipinski definition) is 1. The molecule has 35 heavy (non-hydrogen) atoms. The number of amides is 2. The molecule has 1 aliphatic rings. The van der Waals surface area contributed by atoms with Crippen LogP contribution in [0.15, 0.2) is 42.5 Å². The Bertz CT molecular complexity index is 1390. The van der Waals surface area contributed by atoms with Crippen molar-refractivity contribution in [2.45, 2.75) is 6.61 Å². The standard InChI is InChI=1S/C24H16F3NO7/c1-33-17-7-6-14(25)21(27)13(17)10-35-19-9-16(15(26)8-18(19)34-2)28-22(29)11-4-3-5-12(24(31)32)20(11)23(28)30/h3-9H,10H2,1-2H3,(H,31,32). The zero-order valence-corrected chi connectivity index (χ0v) is 18.2. The first-order valence-corrected chi connectivity index (χ1v) is 9.95. The number of carboxylic acids is 1. The Labute approximate surface area is 196 Å². The molecule has 0 fully saturated rings. The maximum absolute atomic E-state index is 15.0. The number of carbonyl (C=O) groups is 3. The average molecular weight is 487 g/mol. The van der Waals surface area contributed by atoms with Crippen LogP contribution in [0.5, 0.6) is 17.2 Å². The molecule has 3 aromatic carbocycles. The van der Waals surface area contributed by atoms with Crippen LogP contribution < -0.4 is 19.1 Å². The lowest BCUT2D eigenvalue weighted by Crippen LogP contribution is -2.30. The number of benzene rings is 3. The number of rotatable bonds is 7. The van der Waals surface area contributed by atoms with Crippen LogP contribution >= 0.6 is 0 Å². The largest absolute Gasteiger partial charge is 0.496 e. The highest BCUT2D eigenvalue weighted by Gasteiger charge is 2.41. The van der Waals surface area contributed by atoms with Crippen molar-refractivity contribution in [1.82, 2.24) is 0 Å². The van der Waals surface area contributed by atoms with Gasteiger partial charge in [-0.2, -0.15) is 0 Å². The fourth-order valence-electron chi connectivity index (χ4n) is 3.70. The van der Waals surface area contributed by atoms with E-state index < -0.39 is 53.1 Å². The number of halogens is 3. The smallest absolute Gasteiger partial charge is 0.336 e. The molecule has 11 heteroatoms. The third-order valence-corrected chi connectivity index (χ3v) is 5.36. The van der Waals surface area contributed by atoms with E-state index in [-0.39, 0.29) is 33.9 Å². The molecular formula is C24H16F3NO7. The molecule has 180 valence electrons. The van der Waals surface area contributed by atoms with E-state index in [2.05, 4.69) is 0 Å². The third kappa shape index (κ3) is 3.90. The Morgan fingerprint density at radius 3 is 2.29 bits per heavy atom. The highest BCUT2D eigenvalue weighted by Crippen LogP contribution is 2.39. The van der Waals surface area contributed by atoms with Crippen LogP contribution in [0.1, 0.15) is 36.6 Å². The van der Waals surface area contributed by atoms with Gasteiger partial charge in [0.15, 0.2) is 29.0 Å². The summed E-state index contributed by atoms with van der Waals surface area (Å²) in [5, 5.41) is 9.38. The monoisotopic (exact) mass is 487 g/mol. The molecule has 2 amide bonds. The van der Waals surface area contributed by atoms with Gasteiger partial charge < -0.3 is 19.3 Å². The van der Waals surface area contributed by atoms with Gasteiger partial charge in [-0.05, 0) is 24.3 Å². The molecule has 0 atom stereocenters. The van der Waals surface area contributed by atoms with Gasteiger partial charge in [0.25, 0.3) is 11.8 Å². The first-order valence-electron chi connectivity index (χ1n) is 9.95. The highest BCUT2D eigenvalue weighted by atomic mass is 19.2. The molecule has 0 bridgehead atoms. The van der Waals surface area contributed by atoms with Gasteiger partial charge in [0, 0.05) is 12.1 Å². The summed E-state index contributed by atoms with van der Waals surface area (Å²) in [6, 6.07) is 7.57. The van der Waals surface area contributed by atoms with Gasteiger partial charge in [0.05, 0.1) is 42.2 Å². The number of carboxylic acid groups (broad SMARTS) is 1. The second kappa shape index (κ2) is 9.01. The molecule has 1 aliphatic heterocycles. The summed E-state index contributed by atoms with van der Waals surface area (Å²) in [7, 11) is 2.45. The molecule has 1 N–H and O–H groups in total. The zero-order chi connectivity index (χ0) is 25.4. The molecular weight excluding hydrogens is 471 g/mol. The predicted octanol–water partition coefficient (Wildman–Crippen LogP) is 4.20. The van der Waals surface area contributed by atoms with Crippen molar-refractivity contribution in [2.24, 2.45) is 0 Å². The topological polar surface area (TPSA) is 102 Å². The van der Waals surface area contributed by atoms with E-state index in [1.54, 1.807) is 0 Å². The van der Waals surface area contributed by atoms with Gasteiger partial charge in [0.1, 0.15) is 12.4 Å². The summed E-state index contributed by atoms with van der Waals surface area (Å²) < 4.78 is 58.6. The maximum Gasteiger partial charge on any atom is 0.336 e. The molecule has 0 saturated heterocycles. The predicted molar refractivity (Wildman–Crippen MR) is 115 cm³/mol. The lowest BCUT2D eigenvalue weighted by Gasteiger charge is -2.19. The van der Waals surface area contributed by atoms with Crippen molar-refractivity contribution in [1.29, 1.82) is 0 Å². The SMILES string of the molecule is COc1cc(F)c(N2C(=O)c3cccc(C(=O)O)c3C2=O)cc1OCc1c(OC)ccc(F)c1F. The summed E-state index contributed by atoms with van der Waals surface area (Å²) >= 11 is 0. The molecule has 0 aromatic heterocycles. The summed E-state index contributed by atoms with van der Waals surface area (Å²) in [5.41, 5.74) is -1.82. The molecule has 0 unspecified atom stereocenters. The van der Waals surface area contributed by atoms with Crippen LogP contribution in [0, 0.1) is 17.5 Å². The molecule has 0 saturated carbocycles. The number of hydrogen-bond acceptors (Lipinski definition) is 6. The Balaban J connectivity index is 1.75. The minimum Gasteiger partial charge on any atom is -0.496 e. The zero-order valence-electron chi connectivity index (χ0n) is 18.2. The van der Waals surface area contributed by atoms with Crippen LogP contribution in [-0.4, -0.2) is 37.1 Å². The summed E-state index contributed by atoms with van der Waals surface area (Å²) in [6.07, 6.45) is 0. The molecule has 3 aromatic rings. The Morgan fingerprint density at radius 2 is 1.63 bits per heavy atom. The van der Waals surface area contributed by atoms with Crippen LogP contribution in [0.2, 0.25) is 0 Å². The second-order valence-corrected chi connectivity index (χ2v) is 7.26. The molecule has 1 heterocycles. The van der Waals surface area contributed by atoms with Crippen LogP contribution in [0.4, 0.5) is 18.9 Å². The number of carbonyl (C=O) groups excluding carboxylic acids is 2. The molecule has 0 spiro atoms. The lowest BCUT2D eigenvalue weighted by molar-refractivity contribution is 0.0692. The van der Waals surface area contributed by atoms with Gasteiger partial charge in [-0.25, -0.2) is 22.9 Å². The lowest BCUT2D eigenvalue weighted by atomic mass is 10.0. The number of methoxy groups -OCH3 is 2. The number of ether oxygens (including phenoxy) is 3. The molecule has 0 radical (unpaired) electrons. The van der Waals surface area contributed by atoms with Gasteiger partial charge in [0.2, 0.25) is 0 Å². The van der Waals surface area contributed by atoms with Gasteiger partial charge in [-0.1, -0.05) is 6.07 Å². The van der Waals surface area contributed by atoms with Gasteiger partial charge in [-0.15, -0.1) is 0 Å². The van der Waals surface area contributed by atoms with Crippen LogP contribution in [0.3, 0.4) is 0 Å². The summed E-state index contributed by atoms with van der Waals surface area (Å²) in [4.78, 5) is 37.9. The second-order valence-electron chi connectivity index (χ2n) is 7.26. The number of nitrogens with zero attached hydrogens (tertiary/aromatic N) is 1. The van der Waals surface area contributed by atoms with Gasteiger partial charge in [-0.3, -0.25) is 9.59 Å². The van der Waals surface area contributed by atoms with E-state index in [0.29, 0.717) is 4.90 Å². The van der Waals surface area contributed by atoms with Crippen molar-refractivity contribution in [3.63, 3.8) is 0 Å². The Kier molecular flexibility index (Phi) is 6.08. The van der Waals surface area contributed by atoms with Crippen molar-refractivity contribution in [3.05, 3.63) is 82.2 Å². The summed E-state index contributed by atoms with van der Waals surface area (Å²) in [5.74, 6) is -7.20. The Morgan fingerprint density at radius 1 is 0.914 bits per heavy atom. The van der Waals surface area contributed by atoms with Crippen molar-refractivity contribution < 1.29 is 46.9 Å². The number of anilines is 1. The number of aromatic carboxylic acids is 1. The van der Waals surface area contributed by atoms with E-state index in [9.17, 15) is 32.7 Å². The van der Waals surface area contributed by atoms with Crippen molar-refractivity contribution in [3.8, 4) is 17.2 Å². The van der Waals surface area contributed by atoms with E-state index >= 15 is 0 Å². The minimum atomic E-state index is -1.44. The minimum absolute atomic E-state index is 0.00764. The normalized spacial score (nSPS) is 12.5. The average Bonchev–Trinajstić information content (AvgIpc) is 3.10. The van der Waals surface area contributed by atoms with E-state index in [0.717, 1.165) is 24.3 Å². The quantitative estimate of drug-likeness (QED) is 0.499. The fourth-order valence-corrected chi connectivity index (χ4v) is 3.70. The van der Waals surface area contributed by atoms with Crippen LogP contribution in [-0.2, 0) is 6.61 Å².